The first-order chi connectivity index (χ1) is 16.4. The zero-order valence-electron chi connectivity index (χ0n) is 19.3. The number of carbonyl (C=O) groups excluding carboxylic acids is 2. The van der Waals surface area contributed by atoms with E-state index in [2.05, 4.69) is 20.4 Å². The number of hydrogen-bond donors (Lipinski definition) is 0. The van der Waals surface area contributed by atoms with Gasteiger partial charge < -0.3 is 19.1 Å². The molecular weight excluding hydrogens is 434 g/mol. The van der Waals surface area contributed by atoms with E-state index in [-0.39, 0.29) is 5.57 Å². The molecule has 0 aliphatic rings. The first-order valence-corrected chi connectivity index (χ1v) is 10.4. The Bertz CT molecular complexity index is 1150. The average molecular weight is 460 g/mol. The van der Waals surface area contributed by atoms with Crippen molar-refractivity contribution >= 4 is 29.8 Å². The summed E-state index contributed by atoms with van der Waals surface area (Å²) in [6.45, 7) is 3.75. The summed E-state index contributed by atoms with van der Waals surface area (Å²) >= 11 is 0. The van der Waals surface area contributed by atoms with Crippen LogP contribution in [0.1, 0.15) is 23.6 Å². The average Bonchev–Trinajstić information content (AvgIpc) is 2.88. The van der Waals surface area contributed by atoms with Crippen LogP contribution in [0.2, 0.25) is 0 Å². The lowest BCUT2D eigenvalue weighted by atomic mass is 10.1. The van der Waals surface area contributed by atoms with Crippen molar-refractivity contribution in [1.82, 2.24) is 0 Å². The van der Waals surface area contributed by atoms with Gasteiger partial charge in [0, 0.05) is 18.3 Å². The molecule has 0 amide bonds. The van der Waals surface area contributed by atoms with E-state index in [0.717, 1.165) is 12.2 Å². The number of methoxy groups -OCH3 is 2. The summed E-state index contributed by atoms with van der Waals surface area (Å²) in [4.78, 5) is 24.9. The summed E-state index contributed by atoms with van der Waals surface area (Å²) in [7, 11) is 2.52. The third-order valence-electron chi connectivity index (χ3n) is 4.85. The molecule has 0 aliphatic carbocycles. The fourth-order valence-corrected chi connectivity index (χ4v) is 3.03. The van der Waals surface area contributed by atoms with Crippen molar-refractivity contribution < 1.29 is 23.8 Å². The monoisotopic (exact) mass is 459 g/mol. The highest BCUT2D eigenvalue weighted by Gasteiger charge is 2.10. The van der Waals surface area contributed by atoms with Crippen molar-refractivity contribution in [3.63, 3.8) is 0 Å². The molecule has 0 fully saturated rings. The third kappa shape index (κ3) is 7.25. The van der Waals surface area contributed by atoms with E-state index >= 15 is 0 Å². The van der Waals surface area contributed by atoms with Gasteiger partial charge in [-0.1, -0.05) is 12.1 Å². The first kappa shape index (κ1) is 25.7. The largest absolute Gasteiger partial charge is 0.492 e. The van der Waals surface area contributed by atoms with Crippen LogP contribution in [0.15, 0.2) is 54.1 Å². The lowest BCUT2D eigenvalue weighted by Crippen LogP contribution is -2.28. The molecule has 0 saturated carbocycles. The van der Waals surface area contributed by atoms with Gasteiger partial charge in [0.05, 0.1) is 32.4 Å². The van der Waals surface area contributed by atoms with Crippen LogP contribution in [0.3, 0.4) is 0 Å². The molecular formula is C26H25N3O5. The summed E-state index contributed by atoms with van der Waals surface area (Å²) < 4.78 is 15.0. The maximum atomic E-state index is 11.6. The van der Waals surface area contributed by atoms with Gasteiger partial charge in [0.15, 0.2) is 0 Å². The molecule has 0 saturated heterocycles. The topological polar surface area (TPSA) is 113 Å². The van der Waals surface area contributed by atoms with Crippen LogP contribution in [0.4, 0.5) is 5.69 Å². The van der Waals surface area contributed by atoms with Gasteiger partial charge in [0.1, 0.15) is 24.0 Å². The zero-order chi connectivity index (χ0) is 24.9. The Balaban J connectivity index is 2.02. The highest BCUT2D eigenvalue weighted by molar-refractivity contribution is 5.97. The third-order valence-corrected chi connectivity index (χ3v) is 4.85. The van der Waals surface area contributed by atoms with Crippen molar-refractivity contribution in [2.45, 2.75) is 6.92 Å². The lowest BCUT2D eigenvalue weighted by Gasteiger charge is -2.23. The Morgan fingerprint density at radius 3 is 2.38 bits per heavy atom. The molecule has 0 N–H and O–H groups in total. The Morgan fingerprint density at radius 2 is 1.79 bits per heavy atom. The second-order valence-electron chi connectivity index (χ2n) is 6.90. The number of benzene rings is 2. The lowest BCUT2D eigenvalue weighted by molar-refractivity contribution is -0.136. The summed E-state index contributed by atoms with van der Waals surface area (Å²) in [5.74, 6) is -0.622. The Hall–Kier alpha value is -4.56. The van der Waals surface area contributed by atoms with Gasteiger partial charge in [0.25, 0.3) is 0 Å². The molecule has 8 heteroatoms. The predicted octanol–water partition coefficient (Wildman–Crippen LogP) is 3.73. The van der Waals surface area contributed by atoms with Gasteiger partial charge in [0.2, 0.25) is 0 Å². The van der Waals surface area contributed by atoms with Crippen molar-refractivity contribution in [3.05, 3.63) is 70.8 Å². The fraction of sp³-hybridized carbons (Fsp3) is 0.231. The number of rotatable bonds is 10. The highest BCUT2D eigenvalue weighted by atomic mass is 16.5. The molecule has 0 unspecified atom stereocenters. The second kappa shape index (κ2) is 13.1. The Labute approximate surface area is 198 Å². The minimum Gasteiger partial charge on any atom is -0.492 e. The van der Waals surface area contributed by atoms with E-state index in [4.69, 9.17) is 10.00 Å². The maximum Gasteiger partial charge on any atom is 0.348 e. The minimum atomic E-state index is -0.675. The summed E-state index contributed by atoms with van der Waals surface area (Å²) in [5.41, 5.74) is 2.58. The van der Waals surface area contributed by atoms with E-state index in [0.29, 0.717) is 35.6 Å². The molecule has 2 rings (SSSR count). The summed E-state index contributed by atoms with van der Waals surface area (Å²) in [5, 5.41) is 18.5. The predicted molar refractivity (Wildman–Crippen MR) is 128 cm³/mol. The van der Waals surface area contributed by atoms with E-state index in [1.54, 1.807) is 18.2 Å². The van der Waals surface area contributed by atoms with Crippen LogP contribution in [0.5, 0.6) is 5.75 Å². The van der Waals surface area contributed by atoms with Gasteiger partial charge in [-0.25, -0.2) is 9.59 Å². The molecule has 0 bridgehead atoms. The minimum absolute atomic E-state index is 0.0699. The summed E-state index contributed by atoms with van der Waals surface area (Å²) in [6.07, 6.45) is 4.26. The standard InChI is InChI=1S/C26H25N3O5/c1-4-29(23-9-5-19(6-10-23)15-22(18-28)26(31)33-3)13-14-34-24-11-7-20(21(16-24)17-27)8-12-25(30)32-2/h5-12,15-16H,4,13-14H2,1-3H3/b12-8+,22-15+. The van der Waals surface area contributed by atoms with Gasteiger partial charge in [-0.15, -0.1) is 0 Å². The second-order valence-corrected chi connectivity index (χ2v) is 6.90. The van der Waals surface area contributed by atoms with Crippen LogP contribution in [-0.2, 0) is 19.1 Å². The summed E-state index contributed by atoms with van der Waals surface area (Å²) in [6, 6.07) is 16.4. The van der Waals surface area contributed by atoms with E-state index in [9.17, 15) is 14.9 Å². The molecule has 8 nitrogen and oxygen atoms in total. The van der Waals surface area contributed by atoms with Gasteiger partial charge >= 0.3 is 11.9 Å². The fourth-order valence-electron chi connectivity index (χ4n) is 3.03. The maximum absolute atomic E-state index is 11.6. The Morgan fingerprint density at radius 1 is 1.06 bits per heavy atom. The molecule has 34 heavy (non-hydrogen) atoms. The van der Waals surface area contributed by atoms with Crippen LogP contribution in [0.25, 0.3) is 12.2 Å². The van der Waals surface area contributed by atoms with E-state index in [1.165, 1.54) is 32.4 Å². The number of hydrogen-bond acceptors (Lipinski definition) is 8. The van der Waals surface area contributed by atoms with Crippen LogP contribution < -0.4 is 9.64 Å². The van der Waals surface area contributed by atoms with Crippen molar-refractivity contribution in [2.75, 3.05) is 38.8 Å². The molecule has 2 aromatic rings. The Kier molecular flexibility index (Phi) is 9.90. The number of ether oxygens (including phenoxy) is 3. The van der Waals surface area contributed by atoms with Crippen LogP contribution >= 0.6 is 0 Å². The first-order valence-electron chi connectivity index (χ1n) is 10.4. The molecule has 2 aromatic carbocycles. The van der Waals surface area contributed by atoms with E-state index in [1.807, 2.05) is 37.3 Å². The van der Waals surface area contributed by atoms with Gasteiger partial charge in [-0.3, -0.25) is 0 Å². The molecule has 0 aromatic heterocycles. The van der Waals surface area contributed by atoms with Gasteiger partial charge in [-0.2, -0.15) is 10.5 Å². The molecule has 0 atom stereocenters. The molecule has 0 aliphatic heterocycles. The number of likely N-dealkylation sites (N-methyl/N-ethyl adjacent to an activating group) is 1. The smallest absolute Gasteiger partial charge is 0.348 e. The normalized spacial score (nSPS) is 10.8. The molecule has 0 heterocycles. The number of anilines is 1. The quantitative estimate of drug-likeness (QED) is 0.300. The van der Waals surface area contributed by atoms with Crippen LogP contribution in [-0.4, -0.2) is 45.9 Å². The van der Waals surface area contributed by atoms with Crippen molar-refractivity contribution in [1.29, 1.82) is 10.5 Å². The molecule has 0 spiro atoms. The van der Waals surface area contributed by atoms with Crippen LogP contribution in [0, 0.1) is 22.7 Å². The molecule has 174 valence electrons. The number of carbonyl (C=O) groups is 2. The number of esters is 2. The number of nitrogens with zero attached hydrogens (tertiary/aromatic N) is 3. The van der Waals surface area contributed by atoms with Gasteiger partial charge in [-0.05, 0) is 60.5 Å². The van der Waals surface area contributed by atoms with E-state index < -0.39 is 11.9 Å². The van der Waals surface area contributed by atoms with Crippen molar-refractivity contribution in [3.8, 4) is 17.9 Å². The zero-order valence-corrected chi connectivity index (χ0v) is 19.3. The van der Waals surface area contributed by atoms with Crippen molar-refractivity contribution in [2.24, 2.45) is 0 Å². The molecule has 0 radical (unpaired) electrons. The SMILES string of the molecule is CCN(CCOc1ccc(/C=C/C(=O)OC)c(C#N)c1)c1ccc(/C=C(\C#N)C(=O)OC)cc1. The number of nitriles is 2. The highest BCUT2D eigenvalue weighted by Crippen LogP contribution is 2.20.